The fraction of sp³-hybridized carbons (Fsp3) is 0.636. The molecule has 3 N–H and O–H groups in total. The van der Waals surface area contributed by atoms with Gasteiger partial charge in [-0.05, 0) is 45.6 Å². The minimum Gasteiger partial charge on any atom is -0.472 e. The maximum absolute atomic E-state index is 16.8. The number of alkyl halides is 3. The Morgan fingerprint density at radius 3 is 2.58 bits per heavy atom. The molecule has 0 amide bonds. The molecule has 0 aromatic carbocycles. The molecule has 11 nitrogen and oxygen atoms in total. The summed E-state index contributed by atoms with van der Waals surface area (Å²) in [6, 6.07) is 1.11. The van der Waals surface area contributed by atoms with Gasteiger partial charge >= 0.3 is 12.2 Å². The molecule has 0 radical (unpaired) electrons. The molecule has 2 bridgehead atoms. The van der Waals surface area contributed by atoms with Crippen molar-refractivity contribution in [2.45, 2.75) is 69.9 Å². The van der Waals surface area contributed by atoms with Crippen LogP contribution in [0.25, 0.3) is 22.2 Å². The molecular formula is C33H38F4N8O3. The third kappa shape index (κ3) is 4.94. The van der Waals surface area contributed by atoms with Crippen molar-refractivity contribution in [2.24, 2.45) is 17.3 Å². The molecule has 9 rings (SSSR count). The molecule has 1 aliphatic carbocycles. The Balaban J connectivity index is 1.14. The molecule has 3 aromatic heterocycles. The summed E-state index contributed by atoms with van der Waals surface area (Å²) in [6.07, 6.45) is -1.38. The number of anilines is 2. The number of aromatic nitrogens is 4. The van der Waals surface area contributed by atoms with E-state index < -0.39 is 34.9 Å². The lowest BCUT2D eigenvalue weighted by atomic mass is 9.99. The van der Waals surface area contributed by atoms with Gasteiger partial charge in [0.1, 0.15) is 34.3 Å². The van der Waals surface area contributed by atoms with E-state index in [0.717, 1.165) is 64.6 Å². The largest absolute Gasteiger partial charge is 0.472 e. The quantitative estimate of drug-likeness (QED) is 0.371. The molecule has 0 spiro atoms. The van der Waals surface area contributed by atoms with E-state index in [1.165, 1.54) is 6.92 Å². The zero-order valence-electron chi connectivity index (χ0n) is 26.8. The zero-order valence-corrected chi connectivity index (χ0v) is 26.8. The van der Waals surface area contributed by atoms with Crippen molar-refractivity contribution in [1.82, 2.24) is 30.2 Å². The van der Waals surface area contributed by atoms with Gasteiger partial charge in [0, 0.05) is 61.1 Å². The number of nitrogens with zero attached hydrogens (tertiary/aromatic N) is 6. The van der Waals surface area contributed by atoms with Crippen molar-refractivity contribution in [1.29, 1.82) is 0 Å². The fourth-order valence-corrected chi connectivity index (χ4v) is 8.91. The first-order valence-electron chi connectivity index (χ1n) is 16.8. The second-order valence-electron chi connectivity index (χ2n) is 14.7. The highest BCUT2D eigenvalue weighted by atomic mass is 19.4. The van der Waals surface area contributed by atoms with Crippen LogP contribution in [0.1, 0.15) is 43.9 Å². The number of nitrogens with one attached hydrogen (secondary N) is 1. The van der Waals surface area contributed by atoms with Crippen molar-refractivity contribution in [2.75, 3.05) is 56.6 Å². The van der Waals surface area contributed by atoms with Crippen LogP contribution >= 0.6 is 0 Å². The molecule has 5 fully saturated rings. The van der Waals surface area contributed by atoms with Crippen LogP contribution in [0.5, 0.6) is 11.9 Å². The predicted molar refractivity (Wildman–Crippen MR) is 167 cm³/mol. The Labute approximate surface area is 274 Å². The molecule has 1 saturated carbocycles. The zero-order chi connectivity index (χ0) is 33.1. The number of hydrogen-bond donors (Lipinski definition) is 2. The van der Waals surface area contributed by atoms with Crippen molar-refractivity contribution in [3.63, 3.8) is 0 Å². The maximum Gasteiger partial charge on any atom is 0.418 e. The molecule has 3 aromatic rings. The molecule has 5 aliphatic heterocycles. The van der Waals surface area contributed by atoms with Crippen LogP contribution in [0.4, 0.5) is 29.2 Å². The van der Waals surface area contributed by atoms with Crippen LogP contribution < -0.4 is 25.4 Å². The minimum absolute atomic E-state index is 0.0156. The van der Waals surface area contributed by atoms with Gasteiger partial charge in [0.15, 0.2) is 5.82 Å². The third-order valence-corrected chi connectivity index (χ3v) is 11.3. The van der Waals surface area contributed by atoms with E-state index in [4.69, 9.17) is 24.9 Å². The fourth-order valence-electron chi connectivity index (χ4n) is 8.91. The lowest BCUT2D eigenvalue weighted by Crippen LogP contribution is -2.62. The number of fused-ring (bicyclic) bond motifs is 6. The van der Waals surface area contributed by atoms with Crippen LogP contribution in [0.15, 0.2) is 6.07 Å². The van der Waals surface area contributed by atoms with Gasteiger partial charge in [-0.3, -0.25) is 0 Å². The van der Waals surface area contributed by atoms with Gasteiger partial charge in [-0.2, -0.15) is 23.1 Å². The molecule has 48 heavy (non-hydrogen) atoms. The molecule has 2 unspecified atom stereocenters. The van der Waals surface area contributed by atoms with Gasteiger partial charge in [0.25, 0.3) is 0 Å². The number of rotatable bonds is 6. The predicted octanol–water partition coefficient (Wildman–Crippen LogP) is 3.96. The number of hydrogen-bond acceptors (Lipinski definition) is 11. The number of ether oxygens (including phenoxy) is 3. The topological polar surface area (TPSA) is 124 Å². The molecule has 15 heteroatoms. The van der Waals surface area contributed by atoms with E-state index in [1.54, 1.807) is 0 Å². The molecular weight excluding hydrogens is 632 g/mol. The number of likely N-dealkylation sites (tertiary alicyclic amines) is 1. The normalized spacial score (nSPS) is 30.2. The average molecular weight is 671 g/mol. The number of pyridine rings is 2. The van der Waals surface area contributed by atoms with E-state index in [1.807, 2.05) is 6.92 Å². The van der Waals surface area contributed by atoms with Crippen LogP contribution in [0, 0.1) is 30.0 Å². The molecule has 8 heterocycles. The van der Waals surface area contributed by atoms with Gasteiger partial charge in [-0.1, -0.05) is 0 Å². The Hall–Kier alpha value is -3.56. The minimum atomic E-state index is -4.85. The lowest BCUT2D eigenvalue weighted by Gasteiger charge is -2.42. The molecule has 256 valence electrons. The second kappa shape index (κ2) is 10.7. The maximum atomic E-state index is 16.8. The van der Waals surface area contributed by atoms with Crippen molar-refractivity contribution >= 4 is 22.5 Å². The van der Waals surface area contributed by atoms with Gasteiger partial charge in [0.05, 0.1) is 37.1 Å². The van der Waals surface area contributed by atoms with Crippen LogP contribution in [-0.2, 0) is 10.9 Å². The average Bonchev–Trinajstić information content (AvgIpc) is 3.28. The standard InChI is InChI=1S/C33H38F4N8O3/c1-15-24(33(35,36)37)20(7-22(38)39-15)26-25(34)27-23-29(45-10-19-3-4-21(40-19)28(45)16(2)48-30(23)41-26)43-31(42-27)47-14-32(5-6-32)13-44-8-17-11-46-12-18(17)9-44/h7,16-19,21,28,40H,3-6,8-14H2,1-2H3,(H2,38,39)/t16-,17?,18?,19+,21-,28+/m0/s1. The number of piperazine rings is 1. The van der Waals surface area contributed by atoms with Crippen molar-refractivity contribution in [3.05, 3.63) is 23.1 Å². The first kappa shape index (κ1) is 30.5. The van der Waals surface area contributed by atoms with E-state index >= 15 is 4.39 Å². The van der Waals surface area contributed by atoms with Crippen LogP contribution in [0.3, 0.4) is 0 Å². The lowest BCUT2D eigenvalue weighted by molar-refractivity contribution is -0.137. The number of halogens is 4. The SMILES string of the molecule is Cc1nc(N)cc(-c2nc3c4c(nc(OCC5(CN6CC7COCC7C6)CC5)nc4c2F)N2C[C@H]4CC[C@H](N4)[C@H]2[C@H](C)O3)c1C(F)(F)F. The summed E-state index contributed by atoms with van der Waals surface area (Å²) >= 11 is 0. The van der Waals surface area contributed by atoms with Gasteiger partial charge in [-0.25, -0.2) is 14.4 Å². The van der Waals surface area contributed by atoms with Crippen molar-refractivity contribution in [3.8, 4) is 23.1 Å². The summed E-state index contributed by atoms with van der Waals surface area (Å²) in [5.74, 6) is 0.335. The summed E-state index contributed by atoms with van der Waals surface area (Å²) in [4.78, 5) is 22.3. The summed E-state index contributed by atoms with van der Waals surface area (Å²) in [7, 11) is 0. The third-order valence-electron chi connectivity index (χ3n) is 11.3. The Morgan fingerprint density at radius 1 is 1.08 bits per heavy atom. The van der Waals surface area contributed by atoms with E-state index in [9.17, 15) is 13.2 Å². The monoisotopic (exact) mass is 670 g/mol. The van der Waals surface area contributed by atoms with E-state index in [0.29, 0.717) is 30.8 Å². The second-order valence-corrected chi connectivity index (χ2v) is 14.7. The Morgan fingerprint density at radius 2 is 1.85 bits per heavy atom. The molecule has 6 atom stereocenters. The Bertz CT molecular complexity index is 1790. The first-order chi connectivity index (χ1) is 23.0. The van der Waals surface area contributed by atoms with Gasteiger partial charge < -0.3 is 35.1 Å². The molecule has 4 saturated heterocycles. The Kier molecular flexibility index (Phi) is 6.81. The smallest absolute Gasteiger partial charge is 0.418 e. The highest BCUT2D eigenvalue weighted by Gasteiger charge is 2.50. The summed E-state index contributed by atoms with van der Waals surface area (Å²) in [5, 5.41) is 3.88. The number of nitrogens with two attached hydrogens (primary N) is 1. The number of aryl methyl sites for hydroxylation is 1. The highest BCUT2D eigenvalue weighted by molar-refractivity contribution is 5.97. The van der Waals surface area contributed by atoms with Crippen LogP contribution in [0.2, 0.25) is 0 Å². The van der Waals surface area contributed by atoms with Gasteiger partial charge in [0.2, 0.25) is 5.88 Å². The first-order valence-corrected chi connectivity index (χ1v) is 16.8. The number of nitrogen functional groups attached to an aromatic ring is 1. The van der Waals surface area contributed by atoms with E-state index in [2.05, 4.69) is 30.1 Å². The highest BCUT2D eigenvalue weighted by Crippen LogP contribution is 2.49. The molecule has 6 aliphatic rings. The van der Waals surface area contributed by atoms with Crippen LogP contribution in [-0.4, -0.2) is 95.1 Å². The summed E-state index contributed by atoms with van der Waals surface area (Å²) in [6.45, 7) is 8.60. The summed E-state index contributed by atoms with van der Waals surface area (Å²) in [5.41, 5.74) is 3.06. The van der Waals surface area contributed by atoms with Gasteiger partial charge in [-0.15, -0.1) is 0 Å². The van der Waals surface area contributed by atoms with E-state index in [-0.39, 0.29) is 57.8 Å². The summed E-state index contributed by atoms with van der Waals surface area (Å²) < 4.78 is 78.4. The van der Waals surface area contributed by atoms with Crippen molar-refractivity contribution < 1.29 is 31.8 Å².